The van der Waals surface area contributed by atoms with E-state index in [0.717, 1.165) is 19.3 Å². The van der Waals surface area contributed by atoms with Crippen molar-refractivity contribution in [3.8, 4) is 0 Å². The first-order chi connectivity index (χ1) is 11.5. The topological polar surface area (TPSA) is 66.5 Å². The van der Waals surface area contributed by atoms with Crippen LogP contribution in [0.1, 0.15) is 44.5 Å². The third kappa shape index (κ3) is 5.28. The Morgan fingerprint density at radius 1 is 1.16 bits per heavy atom. The smallest absolute Gasteiger partial charge is 0.251 e. The summed E-state index contributed by atoms with van der Waals surface area (Å²) in [5.41, 5.74) is 0.356. The molecule has 1 aromatic rings. The van der Waals surface area contributed by atoms with Gasteiger partial charge in [-0.1, -0.05) is 13.8 Å². The molecule has 1 N–H and O–H groups in total. The zero-order chi connectivity index (χ0) is 18.8. The molecular weight excluding hydrogens is 336 g/mol. The van der Waals surface area contributed by atoms with Crippen LogP contribution in [-0.4, -0.2) is 50.7 Å². The number of likely N-dealkylation sites (tertiary alicyclic amines) is 1. The molecule has 1 saturated heterocycles. The summed E-state index contributed by atoms with van der Waals surface area (Å²) < 4.78 is 23.0. The molecular formula is C19H30N2O3S. The van der Waals surface area contributed by atoms with Crippen molar-refractivity contribution >= 4 is 15.7 Å². The largest absolute Gasteiger partial charge is 0.350 e. The van der Waals surface area contributed by atoms with Crippen LogP contribution in [-0.2, 0) is 9.84 Å². The number of piperidine rings is 1. The lowest BCUT2D eigenvalue weighted by Crippen LogP contribution is -2.56. The maximum atomic E-state index is 12.4. The number of hydrogen-bond acceptors (Lipinski definition) is 4. The first-order valence-corrected chi connectivity index (χ1v) is 10.7. The number of carbonyl (C=O) groups is 1. The summed E-state index contributed by atoms with van der Waals surface area (Å²) >= 11 is 0. The zero-order valence-corrected chi connectivity index (χ0v) is 16.7. The number of rotatable bonds is 5. The van der Waals surface area contributed by atoms with E-state index in [0.29, 0.717) is 23.9 Å². The highest BCUT2D eigenvalue weighted by Crippen LogP contribution is 2.26. The first kappa shape index (κ1) is 19.9. The van der Waals surface area contributed by atoms with E-state index < -0.39 is 9.84 Å². The predicted octanol–water partition coefficient (Wildman–Crippen LogP) is 2.58. The second-order valence-corrected chi connectivity index (χ2v) is 10.2. The van der Waals surface area contributed by atoms with Gasteiger partial charge in [-0.3, -0.25) is 9.69 Å². The predicted molar refractivity (Wildman–Crippen MR) is 100 cm³/mol. The van der Waals surface area contributed by atoms with Gasteiger partial charge in [0.25, 0.3) is 5.91 Å². The fourth-order valence-electron chi connectivity index (χ4n) is 3.52. The molecule has 0 aliphatic carbocycles. The average Bonchev–Trinajstić information content (AvgIpc) is 2.51. The molecule has 0 radical (unpaired) electrons. The molecule has 2 atom stereocenters. The van der Waals surface area contributed by atoms with Gasteiger partial charge in [0.1, 0.15) is 0 Å². The van der Waals surface area contributed by atoms with E-state index in [1.165, 1.54) is 18.6 Å². The molecule has 0 bridgehead atoms. The molecule has 1 aliphatic rings. The van der Waals surface area contributed by atoms with Gasteiger partial charge < -0.3 is 5.32 Å². The molecule has 1 heterocycles. The number of nitrogens with zero attached hydrogens (tertiary/aromatic N) is 1. The Balaban J connectivity index is 1.98. The van der Waals surface area contributed by atoms with E-state index in [-0.39, 0.29) is 16.3 Å². The van der Waals surface area contributed by atoms with Gasteiger partial charge in [-0.15, -0.1) is 0 Å². The number of amides is 1. The van der Waals surface area contributed by atoms with Gasteiger partial charge in [0.05, 0.1) is 4.90 Å². The van der Waals surface area contributed by atoms with Gasteiger partial charge in [0.15, 0.2) is 9.84 Å². The van der Waals surface area contributed by atoms with E-state index in [1.54, 1.807) is 12.1 Å². The van der Waals surface area contributed by atoms with Crippen molar-refractivity contribution in [2.45, 2.75) is 44.6 Å². The number of carbonyl (C=O) groups excluding carboxylic acids is 1. The maximum absolute atomic E-state index is 12.4. The lowest BCUT2D eigenvalue weighted by atomic mass is 9.88. The van der Waals surface area contributed by atoms with Crippen LogP contribution in [0.25, 0.3) is 0 Å². The number of hydrogen-bond donors (Lipinski definition) is 1. The minimum Gasteiger partial charge on any atom is -0.350 e. The Morgan fingerprint density at radius 2 is 1.68 bits per heavy atom. The molecule has 1 amide bonds. The first-order valence-electron chi connectivity index (χ1n) is 8.82. The molecule has 0 aromatic heterocycles. The molecule has 0 unspecified atom stereocenters. The van der Waals surface area contributed by atoms with Crippen molar-refractivity contribution < 1.29 is 13.2 Å². The third-order valence-corrected chi connectivity index (χ3v) is 6.08. The summed E-state index contributed by atoms with van der Waals surface area (Å²) in [4.78, 5) is 15.1. The van der Waals surface area contributed by atoms with Gasteiger partial charge in [0, 0.05) is 37.0 Å². The summed E-state index contributed by atoms with van der Waals surface area (Å²) in [6, 6.07) is 6.07. The highest BCUT2D eigenvalue weighted by molar-refractivity contribution is 7.90. The molecule has 1 fully saturated rings. The Bertz CT molecular complexity index is 701. The van der Waals surface area contributed by atoms with Gasteiger partial charge in [-0.25, -0.2) is 8.42 Å². The van der Waals surface area contributed by atoms with Crippen molar-refractivity contribution in [2.75, 3.05) is 25.9 Å². The van der Waals surface area contributed by atoms with Crippen LogP contribution >= 0.6 is 0 Å². The summed E-state index contributed by atoms with van der Waals surface area (Å²) in [5, 5.41) is 2.99. The molecule has 140 valence electrons. The molecule has 6 heteroatoms. The minimum atomic E-state index is -3.24. The highest BCUT2D eigenvalue weighted by Gasteiger charge is 2.32. The minimum absolute atomic E-state index is 0.120. The lowest BCUT2D eigenvalue weighted by molar-refractivity contribution is 0.0445. The van der Waals surface area contributed by atoms with Crippen molar-refractivity contribution in [1.29, 1.82) is 0 Å². The molecule has 0 saturated carbocycles. The summed E-state index contributed by atoms with van der Waals surface area (Å²) in [6.07, 6.45) is 2.41. The molecule has 2 rings (SSSR count). The molecule has 25 heavy (non-hydrogen) atoms. The van der Waals surface area contributed by atoms with Crippen LogP contribution in [0.3, 0.4) is 0 Å². The average molecular weight is 367 g/mol. The van der Waals surface area contributed by atoms with E-state index in [2.05, 4.69) is 37.9 Å². The van der Waals surface area contributed by atoms with Crippen molar-refractivity contribution in [1.82, 2.24) is 10.2 Å². The Hall–Kier alpha value is -1.40. The van der Waals surface area contributed by atoms with Crippen molar-refractivity contribution in [3.63, 3.8) is 0 Å². The van der Waals surface area contributed by atoms with Gasteiger partial charge in [-0.05, 0) is 56.4 Å². The fourth-order valence-corrected chi connectivity index (χ4v) is 4.15. The maximum Gasteiger partial charge on any atom is 0.251 e. The fraction of sp³-hybridized carbons (Fsp3) is 0.632. The molecule has 1 aliphatic heterocycles. The highest BCUT2D eigenvalue weighted by atomic mass is 32.2. The Morgan fingerprint density at radius 3 is 2.16 bits per heavy atom. The van der Waals surface area contributed by atoms with Gasteiger partial charge in [-0.2, -0.15) is 0 Å². The van der Waals surface area contributed by atoms with Crippen molar-refractivity contribution in [3.05, 3.63) is 29.8 Å². The summed E-state index contributed by atoms with van der Waals surface area (Å²) in [7, 11) is -3.24. The van der Waals surface area contributed by atoms with Gasteiger partial charge in [0.2, 0.25) is 0 Å². The van der Waals surface area contributed by atoms with Crippen LogP contribution in [0.5, 0.6) is 0 Å². The molecule has 1 aromatic carbocycles. The molecule has 0 spiro atoms. The van der Waals surface area contributed by atoms with E-state index in [1.807, 2.05) is 0 Å². The zero-order valence-electron chi connectivity index (χ0n) is 15.9. The second kappa shape index (κ2) is 7.46. The monoisotopic (exact) mass is 366 g/mol. The van der Waals surface area contributed by atoms with Crippen LogP contribution < -0.4 is 5.32 Å². The van der Waals surface area contributed by atoms with Gasteiger partial charge >= 0.3 is 0 Å². The Labute approximate surface area is 151 Å². The lowest BCUT2D eigenvalue weighted by Gasteiger charge is -2.45. The summed E-state index contributed by atoms with van der Waals surface area (Å²) in [5.74, 6) is 1.16. The van der Waals surface area contributed by atoms with Crippen LogP contribution in [0.4, 0.5) is 0 Å². The quantitative estimate of drug-likeness (QED) is 0.870. The van der Waals surface area contributed by atoms with Crippen molar-refractivity contribution in [2.24, 2.45) is 11.8 Å². The van der Waals surface area contributed by atoms with Crippen LogP contribution in [0, 0.1) is 11.8 Å². The van der Waals surface area contributed by atoms with Crippen LogP contribution in [0.2, 0.25) is 0 Å². The number of sulfone groups is 1. The van der Waals surface area contributed by atoms with E-state index in [4.69, 9.17) is 0 Å². The van der Waals surface area contributed by atoms with E-state index in [9.17, 15) is 13.2 Å². The number of benzene rings is 1. The normalized spacial score (nSPS) is 22.6. The Kier molecular flexibility index (Phi) is 5.94. The SMILES string of the molecule is C[C@H]1C[C@H](C)CN(C(C)(C)CNC(=O)c2ccc(S(C)(=O)=O)cc2)C1. The number of nitrogens with one attached hydrogen (secondary N) is 1. The second-order valence-electron chi connectivity index (χ2n) is 8.14. The van der Waals surface area contributed by atoms with Crippen LogP contribution in [0.15, 0.2) is 29.2 Å². The summed E-state index contributed by atoms with van der Waals surface area (Å²) in [6.45, 7) is 11.5. The third-order valence-electron chi connectivity index (χ3n) is 4.95. The standard InChI is InChI=1S/C19H30N2O3S/c1-14-10-15(2)12-21(11-14)19(3,4)13-20-18(22)16-6-8-17(9-7-16)25(5,23)24/h6-9,14-15H,10-13H2,1-5H3,(H,20,22)/t14-,15-/m0/s1. The van der Waals surface area contributed by atoms with E-state index >= 15 is 0 Å². The molecule has 5 nitrogen and oxygen atoms in total.